The summed E-state index contributed by atoms with van der Waals surface area (Å²) in [7, 11) is 0. The molecule has 0 aliphatic carbocycles. The Labute approximate surface area is 106 Å². The standard InChI is InChI=1S/C13H18N2O3/c1-3-9(7-14)12(16)15-10-4-5-11(13(17)18)8(2)6-10/h4-6,9H,3,7,14H2,1-2H3,(H,15,16)(H,17,18). The molecule has 1 aromatic carbocycles. The van der Waals surface area contributed by atoms with Crippen LogP contribution in [0.4, 0.5) is 5.69 Å². The molecule has 0 bridgehead atoms. The first-order valence-electron chi connectivity index (χ1n) is 5.84. The highest BCUT2D eigenvalue weighted by molar-refractivity contribution is 5.94. The Kier molecular flexibility index (Phi) is 4.85. The van der Waals surface area contributed by atoms with Crippen LogP contribution >= 0.6 is 0 Å². The van der Waals surface area contributed by atoms with Crippen molar-refractivity contribution in [3.05, 3.63) is 29.3 Å². The highest BCUT2D eigenvalue weighted by atomic mass is 16.4. The molecular formula is C13H18N2O3. The predicted molar refractivity (Wildman–Crippen MR) is 69.6 cm³/mol. The van der Waals surface area contributed by atoms with Crippen LogP contribution in [0.15, 0.2) is 18.2 Å². The van der Waals surface area contributed by atoms with E-state index >= 15 is 0 Å². The van der Waals surface area contributed by atoms with E-state index in [4.69, 9.17) is 10.8 Å². The fourth-order valence-corrected chi connectivity index (χ4v) is 1.68. The number of carboxylic acids is 1. The van der Waals surface area contributed by atoms with Crippen molar-refractivity contribution >= 4 is 17.6 Å². The third-order valence-electron chi connectivity index (χ3n) is 2.87. The lowest BCUT2D eigenvalue weighted by molar-refractivity contribution is -0.119. The monoisotopic (exact) mass is 250 g/mol. The molecule has 98 valence electrons. The number of hydrogen-bond acceptors (Lipinski definition) is 3. The fourth-order valence-electron chi connectivity index (χ4n) is 1.68. The zero-order chi connectivity index (χ0) is 13.7. The smallest absolute Gasteiger partial charge is 0.335 e. The van der Waals surface area contributed by atoms with E-state index in [0.29, 0.717) is 24.2 Å². The van der Waals surface area contributed by atoms with E-state index in [1.807, 2.05) is 6.92 Å². The van der Waals surface area contributed by atoms with Crippen LogP contribution in [-0.4, -0.2) is 23.5 Å². The summed E-state index contributed by atoms with van der Waals surface area (Å²) in [6, 6.07) is 4.71. The van der Waals surface area contributed by atoms with Gasteiger partial charge in [0.1, 0.15) is 0 Å². The number of hydrogen-bond donors (Lipinski definition) is 3. The van der Waals surface area contributed by atoms with E-state index in [1.54, 1.807) is 19.1 Å². The molecule has 4 N–H and O–H groups in total. The van der Waals surface area contributed by atoms with Gasteiger partial charge in [0.2, 0.25) is 5.91 Å². The van der Waals surface area contributed by atoms with Crippen LogP contribution in [0.5, 0.6) is 0 Å². The van der Waals surface area contributed by atoms with Gasteiger partial charge in [-0.05, 0) is 37.1 Å². The average molecular weight is 250 g/mol. The van der Waals surface area contributed by atoms with Crippen molar-refractivity contribution in [3.8, 4) is 0 Å². The molecule has 0 saturated carbocycles. The van der Waals surface area contributed by atoms with E-state index in [-0.39, 0.29) is 17.4 Å². The second-order valence-electron chi connectivity index (χ2n) is 4.16. The number of rotatable bonds is 5. The van der Waals surface area contributed by atoms with Crippen molar-refractivity contribution in [2.75, 3.05) is 11.9 Å². The summed E-state index contributed by atoms with van der Waals surface area (Å²) >= 11 is 0. The Balaban J connectivity index is 2.83. The van der Waals surface area contributed by atoms with E-state index in [1.165, 1.54) is 6.07 Å². The minimum absolute atomic E-state index is 0.137. The maximum absolute atomic E-state index is 11.8. The topological polar surface area (TPSA) is 92.4 Å². The summed E-state index contributed by atoms with van der Waals surface area (Å²) in [6.07, 6.45) is 0.675. The Morgan fingerprint density at radius 1 is 1.44 bits per heavy atom. The third-order valence-corrected chi connectivity index (χ3v) is 2.87. The number of benzene rings is 1. The Hall–Kier alpha value is -1.88. The summed E-state index contributed by atoms with van der Waals surface area (Å²) in [5, 5.41) is 11.6. The molecule has 1 rings (SSSR count). The quantitative estimate of drug-likeness (QED) is 0.740. The molecule has 0 heterocycles. The van der Waals surface area contributed by atoms with Crippen molar-refractivity contribution in [1.29, 1.82) is 0 Å². The molecule has 1 atom stereocenters. The first-order chi connectivity index (χ1) is 8.49. The van der Waals surface area contributed by atoms with Crippen LogP contribution in [0.3, 0.4) is 0 Å². The molecule has 0 aliphatic heterocycles. The molecule has 0 saturated heterocycles. The number of aromatic carboxylic acids is 1. The molecule has 0 radical (unpaired) electrons. The normalized spacial score (nSPS) is 11.9. The van der Waals surface area contributed by atoms with Crippen LogP contribution in [-0.2, 0) is 4.79 Å². The molecule has 1 unspecified atom stereocenters. The average Bonchev–Trinajstić information content (AvgIpc) is 2.30. The summed E-state index contributed by atoms with van der Waals surface area (Å²) in [5.74, 6) is -1.33. The molecule has 5 heteroatoms. The lowest BCUT2D eigenvalue weighted by atomic mass is 10.1. The van der Waals surface area contributed by atoms with Gasteiger partial charge in [-0.2, -0.15) is 0 Å². The molecule has 0 fully saturated rings. The zero-order valence-electron chi connectivity index (χ0n) is 10.6. The first kappa shape index (κ1) is 14.2. The number of carboxylic acid groups (broad SMARTS) is 1. The molecule has 0 aliphatic rings. The van der Waals surface area contributed by atoms with Crippen LogP contribution < -0.4 is 11.1 Å². The van der Waals surface area contributed by atoms with E-state index < -0.39 is 5.97 Å². The zero-order valence-corrected chi connectivity index (χ0v) is 10.6. The van der Waals surface area contributed by atoms with Gasteiger partial charge < -0.3 is 16.2 Å². The lowest BCUT2D eigenvalue weighted by Gasteiger charge is -2.13. The molecule has 0 aromatic heterocycles. The maximum atomic E-state index is 11.8. The minimum Gasteiger partial charge on any atom is -0.478 e. The van der Waals surface area contributed by atoms with E-state index in [9.17, 15) is 9.59 Å². The number of nitrogens with two attached hydrogens (primary N) is 1. The van der Waals surface area contributed by atoms with Crippen LogP contribution in [0.25, 0.3) is 0 Å². The lowest BCUT2D eigenvalue weighted by Crippen LogP contribution is -2.28. The van der Waals surface area contributed by atoms with Gasteiger partial charge in [0.05, 0.1) is 11.5 Å². The molecule has 0 spiro atoms. The molecular weight excluding hydrogens is 232 g/mol. The van der Waals surface area contributed by atoms with Gasteiger partial charge in [-0.1, -0.05) is 6.92 Å². The van der Waals surface area contributed by atoms with Crippen molar-refractivity contribution < 1.29 is 14.7 Å². The minimum atomic E-state index is -0.973. The Bertz CT molecular complexity index is 454. The number of aryl methyl sites for hydroxylation is 1. The van der Waals surface area contributed by atoms with Crippen LogP contribution in [0.1, 0.15) is 29.3 Å². The molecule has 5 nitrogen and oxygen atoms in total. The second-order valence-corrected chi connectivity index (χ2v) is 4.16. The van der Waals surface area contributed by atoms with Crippen LogP contribution in [0.2, 0.25) is 0 Å². The van der Waals surface area contributed by atoms with Gasteiger partial charge in [0, 0.05) is 12.2 Å². The number of amides is 1. The van der Waals surface area contributed by atoms with Crippen molar-refractivity contribution in [2.24, 2.45) is 11.7 Å². The number of anilines is 1. The van der Waals surface area contributed by atoms with Gasteiger partial charge in [0.25, 0.3) is 0 Å². The van der Waals surface area contributed by atoms with Crippen molar-refractivity contribution in [2.45, 2.75) is 20.3 Å². The van der Waals surface area contributed by atoms with E-state index in [2.05, 4.69) is 5.32 Å². The summed E-state index contributed by atoms with van der Waals surface area (Å²) in [6.45, 7) is 3.89. The van der Waals surface area contributed by atoms with Crippen molar-refractivity contribution in [3.63, 3.8) is 0 Å². The first-order valence-corrected chi connectivity index (χ1v) is 5.84. The van der Waals surface area contributed by atoms with Gasteiger partial charge in [-0.3, -0.25) is 4.79 Å². The third kappa shape index (κ3) is 3.30. The second kappa shape index (κ2) is 6.16. The predicted octanol–water partition coefficient (Wildman–Crippen LogP) is 1.62. The largest absolute Gasteiger partial charge is 0.478 e. The fraction of sp³-hybridized carbons (Fsp3) is 0.385. The Morgan fingerprint density at radius 3 is 2.56 bits per heavy atom. The SMILES string of the molecule is CCC(CN)C(=O)Nc1ccc(C(=O)O)c(C)c1. The Morgan fingerprint density at radius 2 is 2.11 bits per heavy atom. The summed E-state index contributed by atoms with van der Waals surface area (Å²) < 4.78 is 0. The van der Waals surface area contributed by atoms with Gasteiger partial charge in [-0.15, -0.1) is 0 Å². The molecule has 18 heavy (non-hydrogen) atoms. The molecule has 1 aromatic rings. The summed E-state index contributed by atoms with van der Waals surface area (Å²) in [4.78, 5) is 22.6. The number of nitrogens with one attached hydrogen (secondary N) is 1. The number of carbonyl (C=O) groups excluding carboxylic acids is 1. The maximum Gasteiger partial charge on any atom is 0.335 e. The van der Waals surface area contributed by atoms with E-state index in [0.717, 1.165) is 0 Å². The number of carbonyl (C=O) groups is 2. The summed E-state index contributed by atoms with van der Waals surface area (Å²) in [5.41, 5.74) is 6.93. The van der Waals surface area contributed by atoms with Gasteiger partial charge in [-0.25, -0.2) is 4.79 Å². The highest BCUT2D eigenvalue weighted by Gasteiger charge is 2.15. The highest BCUT2D eigenvalue weighted by Crippen LogP contribution is 2.16. The van der Waals surface area contributed by atoms with Crippen LogP contribution in [0, 0.1) is 12.8 Å². The van der Waals surface area contributed by atoms with Gasteiger partial charge >= 0.3 is 5.97 Å². The van der Waals surface area contributed by atoms with Crippen molar-refractivity contribution in [1.82, 2.24) is 0 Å². The van der Waals surface area contributed by atoms with Gasteiger partial charge in [0.15, 0.2) is 0 Å². The molecule has 1 amide bonds.